The molecule has 0 aliphatic carbocycles. The summed E-state index contributed by atoms with van der Waals surface area (Å²) in [6.07, 6.45) is 1.95. The number of nitrogens with two attached hydrogens (primary N) is 2. The van der Waals surface area contributed by atoms with Gasteiger partial charge in [-0.05, 0) is 143 Å². The number of phenols is 1. The average Bonchev–Trinajstić information content (AvgIpc) is 1.74. The van der Waals surface area contributed by atoms with Crippen LogP contribution < -0.4 is 80.6 Å². The standard InChI is InChI=1S/C83H120N18O20/c1-12-45(8)69(78(115)88-41-65(105)97-70(48(11)102)79(116)89-40-64(104)92-59(83(120)121)24-17-18-32-84)100-72(109)47(10)91-75(112)62(37-51-39-87-57-23-16-14-21-54(51)57)96-81(118)68(44(6)7)99-77(114)63-25-19-33-101(63)82(119)58(30-31-66(106)107)93-76(113)61(35-49-26-28-52(103)29-27-49)94-71(108)46(9)90-74(111)60(34-42(2)3)95-80(117)67(43(4)5)98-73(110)55(85)36-50-38-86-56-22-15-13-20-53(50)56/h13-16,20-23,26-29,38-39,42-48,55,58-63,67-70,86-87,102-103H,12,17-19,24-25,30-37,40-41,84-85H2,1-11H3,(H,88,115)(H,89,116)(H,90,111)(H,91,112)(H,92,104)(H,93,113)(H,94,108)(H,95,117)(H,96,118)(H,97,105)(H,98,110)(H,99,114)(H,100,109)(H,106,107)(H,120,121)/t45-,46-,47-,48+,55-,58-,59-,60-,61-,62-,63-,67-,68-,69-,70-/m0/s1. The molecule has 15 atom stereocenters. The number of carboxylic acids is 2. The molecule has 1 aliphatic rings. The number of fused-ring (bicyclic) bond motifs is 2. The van der Waals surface area contributed by atoms with Crippen LogP contribution in [0.1, 0.15) is 151 Å². The fourth-order valence-electron chi connectivity index (χ4n) is 13.8. The van der Waals surface area contributed by atoms with E-state index in [1.165, 1.54) is 45.0 Å². The van der Waals surface area contributed by atoms with Crippen molar-refractivity contribution in [3.05, 3.63) is 102 Å². The van der Waals surface area contributed by atoms with Crippen LogP contribution in [0.15, 0.2) is 85.2 Å². The minimum absolute atomic E-state index is 0.0256. The maximum atomic E-state index is 14.9. The van der Waals surface area contributed by atoms with Crippen LogP contribution in [0.2, 0.25) is 0 Å². The SMILES string of the molecule is CC[C@H](C)[C@H](NC(=O)[C@H](C)NC(=O)[C@H](Cc1c[nH]c2ccccc12)NC(=O)[C@@H](NC(=O)[C@@H]1CCCN1C(=O)[C@H](CCC(=O)O)NC(=O)[C@H](Cc1ccc(O)cc1)NC(=O)[C@H](C)NC(=O)[C@H](CC(C)C)NC(=O)[C@@H](NC(=O)[C@@H](N)Cc1c[nH]c2ccccc12)C(C)C)C(C)C)C(=O)NCC(=O)N[C@H](C(=O)NCC(=O)N[C@@H](CCCCN)C(=O)O)[C@@H](C)O. The third-order valence-electron chi connectivity index (χ3n) is 20.9. The summed E-state index contributed by atoms with van der Waals surface area (Å²) in [6.45, 7) is 16.1. The highest BCUT2D eigenvalue weighted by molar-refractivity contribution is 6.01. The smallest absolute Gasteiger partial charge is 0.326 e. The normalized spacial score (nSPS) is 16.1. The van der Waals surface area contributed by atoms with Crippen molar-refractivity contribution in [3.8, 4) is 5.75 Å². The number of aliphatic hydroxyl groups excluding tert-OH is 1. The van der Waals surface area contributed by atoms with Gasteiger partial charge in [0.05, 0.1) is 25.2 Å². The van der Waals surface area contributed by atoms with Gasteiger partial charge in [-0.3, -0.25) is 71.9 Å². The van der Waals surface area contributed by atoms with Gasteiger partial charge in [0.2, 0.25) is 82.7 Å². The van der Waals surface area contributed by atoms with E-state index in [2.05, 4.69) is 79.1 Å². The molecule has 14 amide bonds. The zero-order valence-corrected chi connectivity index (χ0v) is 70.2. The summed E-state index contributed by atoms with van der Waals surface area (Å²) in [7, 11) is 0. The Balaban J connectivity index is 1.13. The van der Waals surface area contributed by atoms with Crippen LogP contribution in [0.5, 0.6) is 5.75 Å². The summed E-state index contributed by atoms with van der Waals surface area (Å²) in [5, 5.41) is 74.8. The molecule has 38 heteroatoms. The van der Waals surface area contributed by atoms with Gasteiger partial charge in [0.25, 0.3) is 0 Å². The van der Waals surface area contributed by atoms with Crippen molar-refractivity contribution >= 4 is 116 Å². The third kappa shape index (κ3) is 29.7. The van der Waals surface area contributed by atoms with Crippen LogP contribution in [0, 0.1) is 23.7 Å². The molecule has 3 aromatic carbocycles. The lowest BCUT2D eigenvalue weighted by molar-refractivity contribution is -0.144. The molecule has 1 fully saturated rings. The maximum absolute atomic E-state index is 14.9. The number of aliphatic hydroxyl groups is 1. The Hall–Kier alpha value is -12.1. The Labute approximate surface area is 701 Å². The topological polar surface area (TPSA) is 597 Å². The predicted octanol–water partition coefficient (Wildman–Crippen LogP) is -0.831. The summed E-state index contributed by atoms with van der Waals surface area (Å²) in [5.41, 5.74) is 15.1. The van der Waals surface area contributed by atoms with Gasteiger partial charge in [0.1, 0.15) is 78.3 Å². The number of carboxylic acid groups (broad SMARTS) is 2. The van der Waals surface area contributed by atoms with Crippen molar-refractivity contribution in [2.75, 3.05) is 26.2 Å². The number of nitrogens with zero attached hydrogens (tertiary/aromatic N) is 1. The maximum Gasteiger partial charge on any atom is 0.326 e. The monoisotopic (exact) mass is 1690 g/mol. The molecule has 0 saturated carbocycles. The third-order valence-corrected chi connectivity index (χ3v) is 20.9. The number of phenolic OH excluding ortho intramolecular Hbond substituents is 1. The highest BCUT2D eigenvalue weighted by atomic mass is 16.4. The van der Waals surface area contributed by atoms with E-state index in [0.29, 0.717) is 47.8 Å². The van der Waals surface area contributed by atoms with Gasteiger partial charge in [-0.1, -0.05) is 110 Å². The Morgan fingerprint density at radius 3 is 1.52 bits per heavy atom. The number of hydrogen-bond acceptors (Lipinski definition) is 20. The number of nitrogens with one attached hydrogen (secondary N) is 15. The van der Waals surface area contributed by atoms with Crippen LogP contribution in [0.3, 0.4) is 0 Å². The highest BCUT2D eigenvalue weighted by Gasteiger charge is 2.42. The van der Waals surface area contributed by atoms with E-state index >= 15 is 0 Å². The molecule has 0 unspecified atom stereocenters. The molecule has 0 bridgehead atoms. The Bertz CT molecular complexity index is 4450. The lowest BCUT2D eigenvalue weighted by Gasteiger charge is -2.31. The summed E-state index contributed by atoms with van der Waals surface area (Å²) >= 11 is 0. The first kappa shape index (κ1) is 97.8. The fourth-order valence-corrected chi connectivity index (χ4v) is 13.8. The van der Waals surface area contributed by atoms with Gasteiger partial charge in [-0.2, -0.15) is 0 Å². The summed E-state index contributed by atoms with van der Waals surface area (Å²) in [4.78, 5) is 228. The van der Waals surface area contributed by atoms with E-state index in [-0.39, 0.29) is 63.2 Å². The first-order chi connectivity index (χ1) is 57.2. The van der Waals surface area contributed by atoms with Crippen LogP contribution in [0.4, 0.5) is 0 Å². The molecule has 1 saturated heterocycles. The minimum Gasteiger partial charge on any atom is -0.508 e. The average molecular weight is 1690 g/mol. The first-order valence-electron chi connectivity index (χ1n) is 40.9. The van der Waals surface area contributed by atoms with E-state index in [0.717, 1.165) is 21.4 Å². The van der Waals surface area contributed by atoms with Gasteiger partial charge in [0.15, 0.2) is 0 Å². The zero-order valence-electron chi connectivity index (χ0n) is 70.2. The van der Waals surface area contributed by atoms with Gasteiger partial charge >= 0.3 is 11.9 Å². The van der Waals surface area contributed by atoms with E-state index in [1.807, 2.05) is 24.3 Å². The number of aromatic amines is 2. The second-order valence-electron chi connectivity index (χ2n) is 31.9. The van der Waals surface area contributed by atoms with E-state index in [9.17, 15) is 97.1 Å². The van der Waals surface area contributed by atoms with E-state index in [1.54, 1.807) is 92.0 Å². The lowest BCUT2D eigenvalue weighted by Crippen LogP contribution is -2.61. The lowest BCUT2D eigenvalue weighted by atomic mass is 9.97. The molecule has 6 rings (SSSR count). The molecule has 0 spiro atoms. The van der Waals surface area contributed by atoms with Crippen LogP contribution in [-0.4, -0.2) is 241 Å². The van der Waals surface area contributed by atoms with Crippen molar-refractivity contribution in [2.24, 2.45) is 35.1 Å². The molecular weight excluding hydrogens is 1570 g/mol. The Morgan fingerprint density at radius 2 is 0.983 bits per heavy atom. The number of unbranched alkanes of at least 4 members (excludes halogenated alkanes) is 1. The Morgan fingerprint density at radius 1 is 0.496 bits per heavy atom. The molecular formula is C83H120N18O20. The molecule has 3 heterocycles. The molecule has 662 valence electrons. The molecule has 1 aliphatic heterocycles. The van der Waals surface area contributed by atoms with Crippen molar-refractivity contribution in [1.82, 2.24) is 84.0 Å². The molecule has 2 aromatic heterocycles. The number of aliphatic carboxylic acids is 2. The molecule has 38 nitrogen and oxygen atoms in total. The van der Waals surface area contributed by atoms with Crippen molar-refractivity contribution in [3.63, 3.8) is 0 Å². The number of benzene rings is 3. The number of aromatic nitrogens is 2. The fraction of sp³-hybridized carbons (Fsp3) is 0.542. The molecule has 23 N–H and O–H groups in total. The van der Waals surface area contributed by atoms with Crippen molar-refractivity contribution < 1.29 is 97.1 Å². The predicted molar refractivity (Wildman–Crippen MR) is 445 cm³/mol. The largest absolute Gasteiger partial charge is 0.508 e. The molecule has 0 radical (unpaired) electrons. The second-order valence-corrected chi connectivity index (χ2v) is 31.9. The van der Waals surface area contributed by atoms with E-state index in [4.69, 9.17) is 11.5 Å². The first-order valence-corrected chi connectivity index (χ1v) is 40.9. The second kappa shape index (κ2) is 47.1. The number of aromatic hydroxyl groups is 1. The zero-order chi connectivity index (χ0) is 89.6. The van der Waals surface area contributed by atoms with Gasteiger partial charge in [-0.25, -0.2) is 4.79 Å². The number of carbonyl (C=O) groups excluding carboxylic acids is 14. The molecule has 5 aromatic rings. The minimum atomic E-state index is -1.66. The number of amides is 14. The molecule has 121 heavy (non-hydrogen) atoms. The van der Waals surface area contributed by atoms with Crippen LogP contribution in [-0.2, 0) is 96.0 Å². The van der Waals surface area contributed by atoms with Crippen LogP contribution >= 0.6 is 0 Å². The summed E-state index contributed by atoms with van der Waals surface area (Å²) < 4.78 is 0. The van der Waals surface area contributed by atoms with Crippen molar-refractivity contribution in [2.45, 2.75) is 238 Å². The highest BCUT2D eigenvalue weighted by Crippen LogP contribution is 2.25. The van der Waals surface area contributed by atoms with Crippen molar-refractivity contribution in [1.29, 1.82) is 0 Å². The van der Waals surface area contributed by atoms with Gasteiger partial charge in [0, 0.05) is 60.0 Å². The number of likely N-dealkylation sites (tertiary alicyclic amines) is 1. The van der Waals surface area contributed by atoms with E-state index < -0.39 is 223 Å². The number of rotatable bonds is 48. The number of carbonyl (C=O) groups is 16. The van der Waals surface area contributed by atoms with Gasteiger partial charge in [-0.15, -0.1) is 0 Å². The van der Waals surface area contributed by atoms with Crippen LogP contribution in [0.25, 0.3) is 21.8 Å². The number of hydrogen-bond donors (Lipinski definition) is 21. The summed E-state index contributed by atoms with van der Waals surface area (Å²) in [6, 6.07) is 2.19. The quantitative estimate of drug-likeness (QED) is 0.0211. The number of H-pyrrole nitrogens is 2. The summed E-state index contributed by atoms with van der Waals surface area (Å²) in [5.74, 6) is -16.9. The van der Waals surface area contributed by atoms with Gasteiger partial charge < -0.3 is 116 Å². The Kier molecular flexibility index (Phi) is 38.0. The number of para-hydroxylation sites is 2.